The van der Waals surface area contributed by atoms with Crippen molar-refractivity contribution in [3.63, 3.8) is 0 Å². The second-order valence-corrected chi connectivity index (χ2v) is 7.07. The van der Waals surface area contributed by atoms with Crippen LogP contribution in [0.2, 0.25) is 0 Å². The number of hydrogen-bond donors (Lipinski definition) is 0. The van der Waals surface area contributed by atoms with Crippen molar-refractivity contribution in [1.29, 1.82) is 0 Å². The molecule has 0 bridgehead atoms. The normalized spacial score (nSPS) is 11.2. The van der Waals surface area contributed by atoms with Crippen LogP contribution in [-0.4, -0.2) is 19.7 Å². The Labute approximate surface area is 160 Å². The fraction of sp³-hybridized carbons (Fsp3) is 0.200. The molecular formula is C20H18N4O2S. The predicted octanol–water partition coefficient (Wildman–Crippen LogP) is 3.84. The minimum Gasteiger partial charge on any atom is -0.338 e. The lowest BCUT2D eigenvalue weighted by Crippen LogP contribution is -2.19. The summed E-state index contributed by atoms with van der Waals surface area (Å²) in [6.07, 6.45) is 0.992. The van der Waals surface area contributed by atoms with Crippen LogP contribution in [0.15, 0.2) is 63.0 Å². The standard InChI is InChI=1S/C20H18N4O2S/c1-3-13-8-10-14(11-9-13)18-22-17(26-23-18)12-27-20-21-16-7-5-4-6-15(16)19(25)24(20)2/h4-11H,3,12H2,1-2H3. The molecule has 4 aromatic rings. The number of fused-ring (bicyclic) bond motifs is 1. The third kappa shape index (κ3) is 3.50. The Hall–Kier alpha value is -2.93. The molecule has 0 aliphatic rings. The van der Waals surface area contributed by atoms with Crippen LogP contribution in [0.1, 0.15) is 18.4 Å². The highest BCUT2D eigenvalue weighted by molar-refractivity contribution is 7.98. The first-order chi connectivity index (χ1) is 13.2. The van der Waals surface area contributed by atoms with Gasteiger partial charge in [0.1, 0.15) is 0 Å². The first-order valence-electron chi connectivity index (χ1n) is 8.66. The number of hydrogen-bond acceptors (Lipinski definition) is 6. The topological polar surface area (TPSA) is 73.8 Å². The number of thioether (sulfide) groups is 1. The van der Waals surface area contributed by atoms with Crippen LogP contribution in [0.3, 0.4) is 0 Å². The van der Waals surface area contributed by atoms with Gasteiger partial charge in [-0.05, 0) is 24.1 Å². The molecular weight excluding hydrogens is 360 g/mol. The van der Waals surface area contributed by atoms with E-state index in [1.807, 2.05) is 30.3 Å². The van der Waals surface area contributed by atoms with Crippen LogP contribution < -0.4 is 5.56 Å². The van der Waals surface area contributed by atoms with Gasteiger partial charge < -0.3 is 4.52 Å². The quantitative estimate of drug-likeness (QED) is 0.388. The zero-order chi connectivity index (χ0) is 18.8. The summed E-state index contributed by atoms with van der Waals surface area (Å²) in [5.74, 6) is 1.50. The second-order valence-electron chi connectivity index (χ2n) is 6.13. The fourth-order valence-corrected chi connectivity index (χ4v) is 3.58. The van der Waals surface area contributed by atoms with E-state index in [9.17, 15) is 4.79 Å². The highest BCUT2D eigenvalue weighted by Crippen LogP contribution is 2.23. The van der Waals surface area contributed by atoms with E-state index >= 15 is 0 Å². The maximum absolute atomic E-state index is 12.5. The molecule has 7 heteroatoms. The van der Waals surface area contributed by atoms with E-state index in [0.29, 0.717) is 33.5 Å². The third-order valence-corrected chi connectivity index (χ3v) is 5.37. The van der Waals surface area contributed by atoms with Crippen molar-refractivity contribution in [1.82, 2.24) is 19.7 Å². The zero-order valence-corrected chi connectivity index (χ0v) is 15.9. The van der Waals surface area contributed by atoms with Crippen LogP contribution in [0.4, 0.5) is 0 Å². The van der Waals surface area contributed by atoms with Gasteiger partial charge in [0.25, 0.3) is 5.56 Å². The Morgan fingerprint density at radius 2 is 1.85 bits per heavy atom. The molecule has 0 saturated heterocycles. The van der Waals surface area contributed by atoms with Crippen LogP contribution in [0, 0.1) is 0 Å². The molecule has 4 rings (SSSR count). The van der Waals surface area contributed by atoms with E-state index in [-0.39, 0.29) is 5.56 Å². The fourth-order valence-electron chi connectivity index (χ4n) is 2.77. The Morgan fingerprint density at radius 3 is 2.63 bits per heavy atom. The molecule has 6 nitrogen and oxygen atoms in total. The lowest BCUT2D eigenvalue weighted by Gasteiger charge is -2.07. The number of aryl methyl sites for hydroxylation is 1. The van der Waals surface area contributed by atoms with E-state index in [4.69, 9.17) is 4.52 Å². The smallest absolute Gasteiger partial charge is 0.261 e. The molecule has 0 fully saturated rings. The van der Waals surface area contributed by atoms with Crippen LogP contribution in [0.5, 0.6) is 0 Å². The van der Waals surface area contributed by atoms with Crippen molar-refractivity contribution >= 4 is 22.7 Å². The summed E-state index contributed by atoms with van der Waals surface area (Å²) in [4.78, 5) is 21.5. The van der Waals surface area contributed by atoms with Gasteiger partial charge in [-0.3, -0.25) is 9.36 Å². The summed E-state index contributed by atoms with van der Waals surface area (Å²) < 4.78 is 6.91. The first kappa shape index (κ1) is 17.5. The monoisotopic (exact) mass is 378 g/mol. The predicted molar refractivity (Wildman–Crippen MR) is 106 cm³/mol. The lowest BCUT2D eigenvalue weighted by molar-refractivity contribution is 0.391. The molecule has 0 aliphatic heterocycles. The molecule has 0 unspecified atom stereocenters. The van der Waals surface area contributed by atoms with Gasteiger partial charge in [-0.15, -0.1) is 0 Å². The molecule has 136 valence electrons. The van der Waals surface area contributed by atoms with Crippen molar-refractivity contribution in [3.8, 4) is 11.4 Å². The van der Waals surface area contributed by atoms with Gasteiger partial charge in [0.2, 0.25) is 11.7 Å². The van der Waals surface area contributed by atoms with Gasteiger partial charge in [-0.2, -0.15) is 4.98 Å². The minimum atomic E-state index is -0.0645. The highest BCUT2D eigenvalue weighted by Gasteiger charge is 2.12. The van der Waals surface area contributed by atoms with E-state index in [0.717, 1.165) is 12.0 Å². The lowest BCUT2D eigenvalue weighted by atomic mass is 10.1. The molecule has 0 aliphatic carbocycles. The molecule has 0 atom stereocenters. The Kier molecular flexibility index (Phi) is 4.77. The van der Waals surface area contributed by atoms with Gasteiger partial charge in [0.05, 0.1) is 16.7 Å². The minimum absolute atomic E-state index is 0.0645. The van der Waals surface area contributed by atoms with E-state index in [2.05, 4.69) is 34.2 Å². The molecule has 0 radical (unpaired) electrons. The molecule has 0 saturated carbocycles. The van der Waals surface area contributed by atoms with Crippen LogP contribution >= 0.6 is 11.8 Å². The van der Waals surface area contributed by atoms with E-state index in [1.165, 1.54) is 17.3 Å². The summed E-state index contributed by atoms with van der Waals surface area (Å²) >= 11 is 1.40. The highest BCUT2D eigenvalue weighted by atomic mass is 32.2. The molecule has 27 heavy (non-hydrogen) atoms. The van der Waals surface area contributed by atoms with Gasteiger partial charge >= 0.3 is 0 Å². The molecule has 0 amide bonds. The van der Waals surface area contributed by atoms with Crippen molar-refractivity contribution in [2.75, 3.05) is 0 Å². The molecule has 0 N–H and O–H groups in total. The Bertz CT molecular complexity index is 1150. The van der Waals surface area contributed by atoms with Gasteiger partial charge in [-0.1, -0.05) is 60.2 Å². The molecule has 2 heterocycles. The number of nitrogens with zero attached hydrogens (tertiary/aromatic N) is 4. The maximum atomic E-state index is 12.5. The first-order valence-corrected chi connectivity index (χ1v) is 9.64. The number of benzene rings is 2. The van der Waals surface area contributed by atoms with E-state index in [1.54, 1.807) is 17.7 Å². The summed E-state index contributed by atoms with van der Waals surface area (Å²) in [5, 5.41) is 5.28. The average molecular weight is 378 g/mol. The van der Waals surface area contributed by atoms with Gasteiger partial charge in [0.15, 0.2) is 5.16 Å². The summed E-state index contributed by atoms with van der Waals surface area (Å²) in [6, 6.07) is 15.5. The van der Waals surface area contributed by atoms with E-state index < -0.39 is 0 Å². The summed E-state index contributed by atoms with van der Waals surface area (Å²) in [5.41, 5.74) is 2.81. The third-order valence-electron chi connectivity index (χ3n) is 4.36. The zero-order valence-electron chi connectivity index (χ0n) is 15.0. The molecule has 2 aromatic carbocycles. The van der Waals surface area contributed by atoms with Crippen molar-refractivity contribution < 1.29 is 4.52 Å². The van der Waals surface area contributed by atoms with Crippen molar-refractivity contribution in [3.05, 3.63) is 70.3 Å². The van der Waals surface area contributed by atoms with Crippen molar-refractivity contribution in [2.24, 2.45) is 7.05 Å². The summed E-state index contributed by atoms with van der Waals surface area (Å²) in [6.45, 7) is 2.12. The maximum Gasteiger partial charge on any atom is 0.261 e. The number of rotatable bonds is 5. The number of aromatic nitrogens is 4. The van der Waals surface area contributed by atoms with Crippen LogP contribution in [-0.2, 0) is 19.2 Å². The number of para-hydroxylation sites is 1. The average Bonchev–Trinajstić information content (AvgIpc) is 3.19. The Morgan fingerprint density at radius 1 is 1.07 bits per heavy atom. The van der Waals surface area contributed by atoms with Crippen molar-refractivity contribution in [2.45, 2.75) is 24.3 Å². The summed E-state index contributed by atoms with van der Waals surface area (Å²) in [7, 11) is 1.72. The largest absolute Gasteiger partial charge is 0.338 e. The van der Waals surface area contributed by atoms with Gasteiger partial charge in [0, 0.05) is 12.6 Å². The second kappa shape index (κ2) is 7.36. The molecule has 0 spiro atoms. The SMILES string of the molecule is CCc1ccc(-c2noc(CSc3nc4ccccc4c(=O)n3C)n2)cc1. The van der Waals surface area contributed by atoms with Gasteiger partial charge in [-0.25, -0.2) is 4.98 Å². The van der Waals surface area contributed by atoms with Crippen LogP contribution in [0.25, 0.3) is 22.3 Å². The Balaban J connectivity index is 1.54. The molecule has 2 aromatic heterocycles.